The molecule has 192 valence electrons. The van der Waals surface area contributed by atoms with Gasteiger partial charge in [-0.05, 0) is 66.8 Å². The smallest absolute Gasteiger partial charge is 0.272 e. The van der Waals surface area contributed by atoms with E-state index >= 15 is 0 Å². The maximum absolute atomic E-state index is 12.4. The summed E-state index contributed by atoms with van der Waals surface area (Å²) in [6, 6.07) is 22.2. The number of aromatic amines is 1. The molecule has 0 unspecified atom stereocenters. The van der Waals surface area contributed by atoms with E-state index in [1.54, 1.807) is 19.2 Å². The number of H-pyrrole nitrogens is 1. The average molecular weight is 498 g/mol. The van der Waals surface area contributed by atoms with Crippen molar-refractivity contribution in [1.82, 2.24) is 9.78 Å². The largest absolute Gasteiger partial charge is 0.492 e. The molecule has 6 nitrogen and oxygen atoms in total. The highest BCUT2D eigenvalue weighted by Gasteiger charge is 2.10. The van der Waals surface area contributed by atoms with E-state index in [9.17, 15) is 9.59 Å². The van der Waals surface area contributed by atoms with Gasteiger partial charge in [0.25, 0.3) is 11.1 Å². The van der Waals surface area contributed by atoms with Gasteiger partial charge in [-0.15, -0.1) is 0 Å². The molecule has 0 saturated heterocycles. The lowest BCUT2D eigenvalue weighted by molar-refractivity contribution is 0.324. The number of aryl methyl sites for hydroxylation is 2. The fourth-order valence-corrected chi connectivity index (χ4v) is 4.33. The van der Waals surface area contributed by atoms with Crippen LogP contribution in [0.3, 0.4) is 0 Å². The van der Waals surface area contributed by atoms with Crippen molar-refractivity contribution in [2.75, 3.05) is 24.6 Å². The number of anilines is 1. The molecule has 4 rings (SSSR count). The molecule has 0 saturated carbocycles. The molecular weight excluding hydrogens is 462 g/mol. The van der Waals surface area contributed by atoms with Crippen molar-refractivity contribution in [1.29, 1.82) is 0 Å². The normalized spacial score (nSPS) is 11.3. The minimum Gasteiger partial charge on any atom is -0.492 e. The second-order valence-corrected chi connectivity index (χ2v) is 9.21. The van der Waals surface area contributed by atoms with Crippen LogP contribution in [0.15, 0.2) is 76.3 Å². The molecule has 0 aliphatic heterocycles. The number of rotatable bonds is 11. The molecule has 0 aliphatic carbocycles. The zero-order valence-electron chi connectivity index (χ0n) is 21.9. The Morgan fingerprint density at radius 1 is 0.892 bits per heavy atom. The van der Waals surface area contributed by atoms with Crippen LogP contribution >= 0.6 is 0 Å². The number of ether oxygens (including phenoxy) is 1. The van der Waals surface area contributed by atoms with Crippen molar-refractivity contribution >= 4 is 28.6 Å². The molecule has 1 heterocycles. The third-order valence-corrected chi connectivity index (χ3v) is 6.58. The van der Waals surface area contributed by atoms with Crippen molar-refractivity contribution in [2.45, 2.75) is 33.1 Å². The number of aromatic nitrogens is 2. The van der Waals surface area contributed by atoms with Crippen LogP contribution < -0.4 is 20.8 Å². The average Bonchev–Trinajstić information content (AvgIpc) is 2.93. The Balaban J connectivity index is 1.33. The second-order valence-electron chi connectivity index (χ2n) is 9.21. The Kier molecular flexibility index (Phi) is 8.62. The van der Waals surface area contributed by atoms with Crippen molar-refractivity contribution in [2.24, 2.45) is 7.05 Å². The Morgan fingerprint density at radius 2 is 1.57 bits per heavy atom. The number of hydrogen-bond donors (Lipinski definition) is 1. The number of benzene rings is 3. The van der Waals surface area contributed by atoms with E-state index in [-0.39, 0.29) is 11.1 Å². The number of fused-ring (bicyclic) bond motifs is 1. The van der Waals surface area contributed by atoms with E-state index in [2.05, 4.69) is 72.4 Å². The lowest BCUT2D eigenvalue weighted by Gasteiger charge is -2.23. The molecule has 0 amide bonds. The standard InChI is InChI=1S/C31H35N3O3/c1-4-6-7-23-8-10-24(11-9-23)12-13-25-14-17-27(18-15-25)37-21-20-34(5-2)26-16-19-28-29(22-26)30(35)32-33(3)31(28)36/h8-19,22H,4-7,20-21H2,1-3H3,(H,32,35). The summed E-state index contributed by atoms with van der Waals surface area (Å²) in [5.41, 5.74) is 4.09. The highest BCUT2D eigenvalue weighted by Crippen LogP contribution is 2.19. The van der Waals surface area contributed by atoms with E-state index < -0.39 is 0 Å². The van der Waals surface area contributed by atoms with Gasteiger partial charge in [-0.25, -0.2) is 0 Å². The molecule has 0 atom stereocenters. The van der Waals surface area contributed by atoms with Gasteiger partial charge in [0.1, 0.15) is 12.4 Å². The topological polar surface area (TPSA) is 67.3 Å². The molecule has 0 radical (unpaired) electrons. The molecule has 0 bridgehead atoms. The first kappa shape index (κ1) is 26.0. The minimum absolute atomic E-state index is 0.217. The molecule has 0 aliphatic rings. The van der Waals surface area contributed by atoms with Crippen molar-refractivity contribution < 1.29 is 4.74 Å². The first-order chi connectivity index (χ1) is 18.0. The number of unbranched alkanes of at least 4 members (excludes halogenated alkanes) is 1. The predicted molar refractivity (Wildman–Crippen MR) is 154 cm³/mol. The molecule has 3 aromatic carbocycles. The van der Waals surface area contributed by atoms with Gasteiger partial charge in [-0.3, -0.25) is 19.4 Å². The van der Waals surface area contributed by atoms with Crippen LogP contribution in [0.4, 0.5) is 5.69 Å². The summed E-state index contributed by atoms with van der Waals surface area (Å²) in [4.78, 5) is 26.8. The Bertz CT molecular complexity index is 1470. The molecule has 1 aromatic heterocycles. The summed E-state index contributed by atoms with van der Waals surface area (Å²) in [5, 5.41) is 3.38. The van der Waals surface area contributed by atoms with Crippen LogP contribution in [0, 0.1) is 0 Å². The summed E-state index contributed by atoms with van der Waals surface area (Å²) < 4.78 is 7.19. The maximum atomic E-state index is 12.4. The van der Waals surface area contributed by atoms with Gasteiger partial charge in [0.05, 0.1) is 17.3 Å². The summed E-state index contributed by atoms with van der Waals surface area (Å²) in [6.45, 7) is 6.17. The van der Waals surface area contributed by atoms with Gasteiger partial charge in [-0.1, -0.05) is 61.9 Å². The van der Waals surface area contributed by atoms with E-state index in [1.807, 2.05) is 18.2 Å². The van der Waals surface area contributed by atoms with Crippen LogP contribution in [0.25, 0.3) is 22.9 Å². The monoisotopic (exact) mass is 497 g/mol. The van der Waals surface area contributed by atoms with Gasteiger partial charge >= 0.3 is 0 Å². The second kappa shape index (κ2) is 12.3. The van der Waals surface area contributed by atoms with Crippen LogP contribution in [0.1, 0.15) is 43.4 Å². The van der Waals surface area contributed by atoms with Gasteiger partial charge < -0.3 is 9.64 Å². The number of hydrogen-bond acceptors (Lipinski definition) is 4. The van der Waals surface area contributed by atoms with E-state index in [1.165, 1.54) is 28.7 Å². The van der Waals surface area contributed by atoms with Crippen LogP contribution in [-0.2, 0) is 13.5 Å². The lowest BCUT2D eigenvalue weighted by atomic mass is 10.1. The third-order valence-electron chi connectivity index (χ3n) is 6.58. The van der Waals surface area contributed by atoms with E-state index in [0.29, 0.717) is 23.9 Å². The van der Waals surface area contributed by atoms with Crippen molar-refractivity contribution in [3.63, 3.8) is 0 Å². The first-order valence-corrected chi connectivity index (χ1v) is 13.0. The summed E-state index contributed by atoms with van der Waals surface area (Å²) in [7, 11) is 1.54. The third kappa shape index (κ3) is 6.58. The van der Waals surface area contributed by atoms with E-state index in [0.717, 1.165) is 30.0 Å². The molecular formula is C31H35N3O3. The first-order valence-electron chi connectivity index (χ1n) is 13.0. The fourth-order valence-electron chi connectivity index (χ4n) is 4.33. The molecule has 6 heteroatoms. The molecule has 0 spiro atoms. The van der Waals surface area contributed by atoms with Crippen molar-refractivity contribution in [3.05, 3.63) is 104 Å². The summed E-state index contributed by atoms with van der Waals surface area (Å²) in [6.07, 6.45) is 7.82. The lowest BCUT2D eigenvalue weighted by Crippen LogP contribution is -2.30. The molecule has 4 aromatic rings. The Hall–Kier alpha value is -4.06. The predicted octanol–water partition coefficient (Wildman–Crippen LogP) is 5.65. The van der Waals surface area contributed by atoms with Gasteiger partial charge in [0.2, 0.25) is 0 Å². The van der Waals surface area contributed by atoms with Crippen LogP contribution in [0.5, 0.6) is 5.75 Å². The Morgan fingerprint density at radius 3 is 2.22 bits per heavy atom. The SMILES string of the molecule is CCCCc1ccc(C=Cc2ccc(OCCN(CC)c3ccc4c(=O)n(C)[nH]c(=O)c4c3)cc2)cc1. The molecule has 0 fully saturated rings. The van der Waals surface area contributed by atoms with Crippen LogP contribution in [-0.4, -0.2) is 29.5 Å². The van der Waals surface area contributed by atoms with Gasteiger partial charge in [0, 0.05) is 19.3 Å². The quantitative estimate of drug-likeness (QED) is 0.272. The van der Waals surface area contributed by atoms with Gasteiger partial charge in [0.15, 0.2) is 0 Å². The zero-order valence-corrected chi connectivity index (χ0v) is 21.9. The number of nitrogens with one attached hydrogen (secondary N) is 1. The summed E-state index contributed by atoms with van der Waals surface area (Å²) >= 11 is 0. The molecule has 37 heavy (non-hydrogen) atoms. The number of nitrogens with zero attached hydrogens (tertiary/aromatic N) is 2. The number of likely N-dealkylation sites (N-methyl/N-ethyl adjacent to an activating group) is 1. The van der Waals surface area contributed by atoms with Gasteiger partial charge in [-0.2, -0.15) is 0 Å². The minimum atomic E-state index is -0.274. The van der Waals surface area contributed by atoms with Crippen molar-refractivity contribution in [3.8, 4) is 5.75 Å². The van der Waals surface area contributed by atoms with Crippen LogP contribution in [0.2, 0.25) is 0 Å². The highest BCUT2D eigenvalue weighted by molar-refractivity contribution is 5.84. The molecule has 1 N–H and O–H groups in total. The zero-order chi connectivity index (χ0) is 26.2. The summed E-state index contributed by atoms with van der Waals surface area (Å²) in [5.74, 6) is 0.812. The highest BCUT2D eigenvalue weighted by atomic mass is 16.5. The fraction of sp³-hybridized carbons (Fsp3) is 0.290. The maximum Gasteiger partial charge on any atom is 0.272 e. The van der Waals surface area contributed by atoms with E-state index in [4.69, 9.17) is 4.74 Å². The Labute approximate surface area is 217 Å².